The van der Waals surface area contributed by atoms with Crippen LogP contribution in [0.1, 0.15) is 53.4 Å². The predicted octanol–water partition coefficient (Wildman–Crippen LogP) is 2.53. The van der Waals surface area contributed by atoms with Crippen molar-refractivity contribution in [1.29, 1.82) is 0 Å². The van der Waals surface area contributed by atoms with Gasteiger partial charge in [0.1, 0.15) is 5.75 Å². The molecule has 28 heavy (non-hydrogen) atoms. The van der Waals surface area contributed by atoms with Gasteiger partial charge in [-0.05, 0) is 67.9 Å². The Morgan fingerprint density at radius 1 is 1.39 bits per heavy atom. The van der Waals surface area contributed by atoms with Crippen LogP contribution in [0.25, 0.3) is 0 Å². The lowest BCUT2D eigenvalue weighted by atomic mass is 9.74. The SMILES string of the molecule is Cc1nn(C)c(C)c1CCC(=O)N[C@@H](c1ccc2c(c1)CCO2)C1CC(O)C1. The second-order valence-corrected chi connectivity index (χ2v) is 8.17. The van der Waals surface area contributed by atoms with Gasteiger partial charge in [0.25, 0.3) is 0 Å². The van der Waals surface area contributed by atoms with E-state index in [2.05, 4.69) is 22.5 Å². The van der Waals surface area contributed by atoms with E-state index in [1.807, 2.05) is 31.6 Å². The van der Waals surface area contributed by atoms with Gasteiger partial charge in [-0.25, -0.2) is 0 Å². The second kappa shape index (κ2) is 7.59. The van der Waals surface area contributed by atoms with Gasteiger partial charge >= 0.3 is 0 Å². The Balaban J connectivity index is 1.46. The summed E-state index contributed by atoms with van der Waals surface area (Å²) < 4.78 is 7.48. The minimum atomic E-state index is -0.247. The lowest BCUT2D eigenvalue weighted by Gasteiger charge is -2.38. The maximum Gasteiger partial charge on any atom is 0.220 e. The van der Waals surface area contributed by atoms with Gasteiger partial charge in [0, 0.05) is 25.6 Å². The minimum absolute atomic E-state index is 0.0470. The molecular formula is C22H29N3O3. The first kappa shape index (κ1) is 19.0. The summed E-state index contributed by atoms with van der Waals surface area (Å²) in [5.41, 5.74) is 5.58. The van der Waals surface area contributed by atoms with E-state index < -0.39 is 0 Å². The van der Waals surface area contributed by atoms with Crippen molar-refractivity contribution in [3.8, 4) is 5.75 Å². The number of ether oxygens (including phenoxy) is 1. The number of aliphatic hydroxyl groups is 1. The number of aromatic nitrogens is 2. The highest BCUT2D eigenvalue weighted by Crippen LogP contribution is 2.39. The number of aliphatic hydroxyl groups excluding tert-OH is 1. The zero-order chi connectivity index (χ0) is 19.8. The van der Waals surface area contributed by atoms with Crippen LogP contribution in [-0.2, 0) is 24.7 Å². The van der Waals surface area contributed by atoms with E-state index in [9.17, 15) is 9.90 Å². The van der Waals surface area contributed by atoms with Crippen molar-refractivity contribution in [1.82, 2.24) is 15.1 Å². The molecule has 150 valence electrons. The Hall–Kier alpha value is -2.34. The molecule has 1 saturated carbocycles. The molecule has 1 aliphatic heterocycles. The molecule has 0 saturated heterocycles. The van der Waals surface area contributed by atoms with E-state index in [0.717, 1.165) is 54.1 Å². The molecule has 0 bridgehead atoms. The summed E-state index contributed by atoms with van der Waals surface area (Å²) in [6, 6.07) is 6.16. The molecule has 1 aromatic carbocycles. The number of fused-ring (bicyclic) bond motifs is 1. The summed E-state index contributed by atoms with van der Waals surface area (Å²) in [5, 5.41) is 17.5. The van der Waals surface area contributed by atoms with Crippen LogP contribution >= 0.6 is 0 Å². The molecule has 1 aliphatic carbocycles. The number of hydrogen-bond donors (Lipinski definition) is 2. The molecule has 0 spiro atoms. The zero-order valence-corrected chi connectivity index (χ0v) is 16.9. The Morgan fingerprint density at radius 2 is 2.18 bits per heavy atom. The number of carbonyl (C=O) groups is 1. The fourth-order valence-corrected chi connectivity index (χ4v) is 4.44. The Morgan fingerprint density at radius 3 is 2.86 bits per heavy atom. The van der Waals surface area contributed by atoms with Crippen LogP contribution in [0.4, 0.5) is 0 Å². The molecule has 2 aliphatic rings. The third kappa shape index (κ3) is 3.65. The van der Waals surface area contributed by atoms with Crippen LogP contribution in [0.5, 0.6) is 5.75 Å². The lowest BCUT2D eigenvalue weighted by molar-refractivity contribution is -0.123. The maximum absolute atomic E-state index is 12.8. The average Bonchev–Trinajstić information content (AvgIpc) is 3.20. The molecule has 0 unspecified atom stereocenters. The molecule has 2 heterocycles. The Bertz CT molecular complexity index is 883. The standard InChI is InChI=1S/C22H29N3O3/c1-13-19(14(2)25(3)24-13)5-7-21(27)23-22(17-11-18(26)12-17)16-4-6-20-15(10-16)8-9-28-20/h4,6,10,17-18,22,26H,5,7-9,11-12H2,1-3H3,(H,23,27)/t17?,18?,22-/m0/s1. The van der Waals surface area contributed by atoms with E-state index in [-0.39, 0.29) is 24.0 Å². The molecule has 2 N–H and O–H groups in total. The van der Waals surface area contributed by atoms with Crippen molar-refractivity contribution in [3.05, 3.63) is 46.3 Å². The van der Waals surface area contributed by atoms with Crippen LogP contribution in [0.2, 0.25) is 0 Å². The molecule has 2 aromatic rings. The van der Waals surface area contributed by atoms with E-state index >= 15 is 0 Å². The zero-order valence-electron chi connectivity index (χ0n) is 16.9. The largest absolute Gasteiger partial charge is 0.493 e. The summed E-state index contributed by atoms with van der Waals surface area (Å²) in [6.07, 6.45) is 3.26. The first-order chi connectivity index (χ1) is 13.4. The lowest BCUT2D eigenvalue weighted by Crippen LogP contribution is -2.41. The number of nitrogens with zero attached hydrogens (tertiary/aromatic N) is 2. The predicted molar refractivity (Wildman–Crippen MR) is 106 cm³/mol. The van der Waals surface area contributed by atoms with Crippen LogP contribution in [0.3, 0.4) is 0 Å². The Labute approximate surface area is 165 Å². The smallest absolute Gasteiger partial charge is 0.220 e. The highest BCUT2D eigenvalue weighted by Gasteiger charge is 2.36. The third-order valence-corrected chi connectivity index (χ3v) is 6.27. The van der Waals surface area contributed by atoms with Crippen molar-refractivity contribution in [2.24, 2.45) is 13.0 Å². The fraction of sp³-hybridized carbons (Fsp3) is 0.545. The first-order valence-electron chi connectivity index (χ1n) is 10.1. The van der Waals surface area contributed by atoms with E-state index in [4.69, 9.17) is 4.74 Å². The summed E-state index contributed by atoms with van der Waals surface area (Å²) in [5.74, 6) is 1.27. The average molecular weight is 383 g/mol. The summed E-state index contributed by atoms with van der Waals surface area (Å²) >= 11 is 0. The van der Waals surface area contributed by atoms with Gasteiger partial charge < -0.3 is 15.2 Å². The van der Waals surface area contributed by atoms with Crippen LogP contribution in [-0.4, -0.2) is 33.5 Å². The molecule has 6 nitrogen and oxygen atoms in total. The quantitative estimate of drug-likeness (QED) is 0.804. The summed E-state index contributed by atoms with van der Waals surface area (Å²) in [4.78, 5) is 12.8. The first-order valence-corrected chi connectivity index (χ1v) is 10.1. The van der Waals surface area contributed by atoms with Crippen LogP contribution in [0, 0.1) is 19.8 Å². The van der Waals surface area contributed by atoms with Crippen molar-refractivity contribution in [2.45, 2.75) is 58.1 Å². The van der Waals surface area contributed by atoms with Gasteiger partial charge in [-0.1, -0.05) is 6.07 Å². The van der Waals surface area contributed by atoms with Gasteiger partial charge in [-0.2, -0.15) is 5.10 Å². The van der Waals surface area contributed by atoms with Crippen molar-refractivity contribution < 1.29 is 14.6 Å². The number of rotatable bonds is 6. The Kier molecular flexibility index (Phi) is 5.15. The monoisotopic (exact) mass is 383 g/mol. The van der Waals surface area contributed by atoms with Gasteiger partial charge in [0.05, 0.1) is 24.4 Å². The molecular weight excluding hydrogens is 354 g/mol. The number of aryl methyl sites for hydroxylation is 2. The van der Waals surface area contributed by atoms with Crippen LogP contribution < -0.4 is 10.1 Å². The number of amides is 1. The molecule has 1 amide bonds. The molecule has 6 heteroatoms. The van der Waals surface area contributed by atoms with Crippen molar-refractivity contribution >= 4 is 5.91 Å². The van der Waals surface area contributed by atoms with Gasteiger partial charge in [0.15, 0.2) is 0 Å². The molecule has 4 rings (SSSR count). The highest BCUT2D eigenvalue weighted by molar-refractivity contribution is 5.77. The van der Waals surface area contributed by atoms with Gasteiger partial charge in [-0.15, -0.1) is 0 Å². The van der Waals surface area contributed by atoms with E-state index in [1.54, 1.807) is 0 Å². The fourth-order valence-electron chi connectivity index (χ4n) is 4.44. The van der Waals surface area contributed by atoms with Crippen molar-refractivity contribution in [3.63, 3.8) is 0 Å². The van der Waals surface area contributed by atoms with Crippen LogP contribution in [0.15, 0.2) is 18.2 Å². The number of hydrogen-bond acceptors (Lipinski definition) is 4. The molecule has 0 radical (unpaired) electrons. The highest BCUT2D eigenvalue weighted by atomic mass is 16.5. The van der Waals surface area contributed by atoms with E-state index in [0.29, 0.717) is 12.8 Å². The number of benzene rings is 1. The molecule has 1 atom stereocenters. The topological polar surface area (TPSA) is 76.4 Å². The van der Waals surface area contributed by atoms with Gasteiger partial charge in [0.2, 0.25) is 5.91 Å². The normalized spacial score (nSPS) is 21.6. The minimum Gasteiger partial charge on any atom is -0.493 e. The summed E-state index contributed by atoms with van der Waals surface area (Å²) in [6.45, 7) is 4.76. The third-order valence-electron chi connectivity index (χ3n) is 6.27. The molecule has 1 aromatic heterocycles. The number of carbonyl (C=O) groups excluding carboxylic acids is 1. The van der Waals surface area contributed by atoms with Gasteiger partial charge in [-0.3, -0.25) is 9.48 Å². The van der Waals surface area contributed by atoms with Crippen molar-refractivity contribution in [2.75, 3.05) is 6.61 Å². The van der Waals surface area contributed by atoms with E-state index in [1.165, 1.54) is 5.56 Å². The number of nitrogens with one attached hydrogen (secondary N) is 1. The summed E-state index contributed by atoms with van der Waals surface area (Å²) in [7, 11) is 1.93. The second-order valence-electron chi connectivity index (χ2n) is 8.17. The molecule has 1 fully saturated rings. The maximum atomic E-state index is 12.8.